The minimum absolute atomic E-state index is 0.595. The van der Waals surface area contributed by atoms with Crippen LogP contribution in [0.1, 0.15) is 20.3 Å². The van der Waals surface area contributed by atoms with Crippen molar-refractivity contribution >= 4 is 0 Å². The SMILES string of the molecule is CCC(C)(O)N1CCNCC1. The Hall–Kier alpha value is -0.120. The molecular formula is C8H18N2O. The summed E-state index contributed by atoms with van der Waals surface area (Å²) < 4.78 is 0. The summed E-state index contributed by atoms with van der Waals surface area (Å²) in [5.74, 6) is 0. The van der Waals surface area contributed by atoms with Crippen molar-refractivity contribution in [3.05, 3.63) is 0 Å². The lowest BCUT2D eigenvalue weighted by Crippen LogP contribution is -2.54. The van der Waals surface area contributed by atoms with Gasteiger partial charge >= 0.3 is 0 Å². The molecular weight excluding hydrogens is 140 g/mol. The van der Waals surface area contributed by atoms with E-state index >= 15 is 0 Å². The standard InChI is InChI=1S/C8H18N2O/c1-3-8(2,11)10-6-4-9-5-7-10/h9,11H,3-7H2,1-2H3. The molecule has 0 radical (unpaired) electrons. The van der Waals surface area contributed by atoms with Gasteiger partial charge in [-0.2, -0.15) is 0 Å². The molecule has 0 saturated carbocycles. The van der Waals surface area contributed by atoms with Crippen LogP contribution in [-0.2, 0) is 0 Å². The lowest BCUT2D eigenvalue weighted by Gasteiger charge is -2.39. The Morgan fingerprint density at radius 2 is 2.00 bits per heavy atom. The molecule has 2 N–H and O–H groups in total. The average molecular weight is 158 g/mol. The molecule has 3 heteroatoms. The van der Waals surface area contributed by atoms with Gasteiger partial charge in [0.05, 0.1) is 0 Å². The van der Waals surface area contributed by atoms with E-state index in [1.165, 1.54) is 0 Å². The molecule has 0 bridgehead atoms. The van der Waals surface area contributed by atoms with E-state index in [0.717, 1.165) is 32.6 Å². The summed E-state index contributed by atoms with van der Waals surface area (Å²) in [6, 6.07) is 0. The molecule has 1 rings (SSSR count). The molecule has 1 aliphatic rings. The molecule has 0 aliphatic carbocycles. The Morgan fingerprint density at radius 1 is 1.45 bits per heavy atom. The van der Waals surface area contributed by atoms with Gasteiger partial charge in [0.25, 0.3) is 0 Å². The molecule has 0 spiro atoms. The first-order valence-corrected chi connectivity index (χ1v) is 4.35. The lowest BCUT2D eigenvalue weighted by molar-refractivity contribution is -0.100. The number of hydrogen-bond acceptors (Lipinski definition) is 3. The van der Waals surface area contributed by atoms with E-state index < -0.39 is 5.72 Å². The summed E-state index contributed by atoms with van der Waals surface area (Å²) in [6.45, 7) is 7.81. The highest BCUT2D eigenvalue weighted by atomic mass is 16.3. The molecule has 11 heavy (non-hydrogen) atoms. The van der Waals surface area contributed by atoms with Crippen molar-refractivity contribution in [3.63, 3.8) is 0 Å². The third-order valence-electron chi connectivity index (χ3n) is 2.47. The Labute approximate surface area is 68.4 Å². The lowest BCUT2D eigenvalue weighted by atomic mass is 10.1. The van der Waals surface area contributed by atoms with Crippen LogP contribution in [0.15, 0.2) is 0 Å². The molecule has 66 valence electrons. The van der Waals surface area contributed by atoms with Crippen LogP contribution >= 0.6 is 0 Å². The van der Waals surface area contributed by atoms with Gasteiger partial charge in [-0.25, -0.2) is 0 Å². The number of aliphatic hydroxyl groups is 1. The normalized spacial score (nSPS) is 26.5. The molecule has 0 aromatic carbocycles. The van der Waals surface area contributed by atoms with Crippen molar-refractivity contribution in [2.75, 3.05) is 26.2 Å². The maximum absolute atomic E-state index is 9.85. The number of nitrogens with one attached hydrogen (secondary N) is 1. The fraction of sp³-hybridized carbons (Fsp3) is 1.00. The molecule has 1 unspecified atom stereocenters. The van der Waals surface area contributed by atoms with Crippen LogP contribution in [0.4, 0.5) is 0 Å². The predicted molar refractivity (Wildman–Crippen MR) is 45.4 cm³/mol. The molecule has 1 atom stereocenters. The topological polar surface area (TPSA) is 35.5 Å². The van der Waals surface area contributed by atoms with Crippen molar-refractivity contribution in [3.8, 4) is 0 Å². The summed E-state index contributed by atoms with van der Waals surface area (Å²) in [5, 5.41) is 13.1. The van der Waals surface area contributed by atoms with Crippen molar-refractivity contribution in [2.45, 2.75) is 26.0 Å². The second-order valence-electron chi connectivity index (χ2n) is 3.31. The highest BCUT2D eigenvalue weighted by Gasteiger charge is 2.27. The number of hydrogen-bond donors (Lipinski definition) is 2. The second-order valence-corrected chi connectivity index (χ2v) is 3.31. The minimum Gasteiger partial charge on any atom is -0.376 e. The fourth-order valence-electron chi connectivity index (χ4n) is 1.37. The number of nitrogens with zero attached hydrogens (tertiary/aromatic N) is 1. The third-order valence-corrected chi connectivity index (χ3v) is 2.47. The smallest absolute Gasteiger partial charge is 0.115 e. The first kappa shape index (κ1) is 8.97. The van der Waals surface area contributed by atoms with E-state index in [2.05, 4.69) is 10.2 Å². The summed E-state index contributed by atoms with van der Waals surface area (Å²) >= 11 is 0. The van der Waals surface area contributed by atoms with Crippen LogP contribution in [0.3, 0.4) is 0 Å². The van der Waals surface area contributed by atoms with Gasteiger partial charge in [-0.15, -0.1) is 0 Å². The van der Waals surface area contributed by atoms with Crippen molar-refractivity contribution in [1.82, 2.24) is 10.2 Å². The monoisotopic (exact) mass is 158 g/mol. The first-order valence-electron chi connectivity index (χ1n) is 4.35. The van der Waals surface area contributed by atoms with Crippen LogP contribution < -0.4 is 5.32 Å². The molecule has 1 heterocycles. The Balaban J connectivity index is 2.43. The van der Waals surface area contributed by atoms with Gasteiger partial charge in [-0.05, 0) is 13.3 Å². The van der Waals surface area contributed by atoms with Crippen LogP contribution in [0.5, 0.6) is 0 Å². The zero-order valence-electron chi connectivity index (χ0n) is 7.43. The van der Waals surface area contributed by atoms with Gasteiger partial charge < -0.3 is 10.4 Å². The van der Waals surface area contributed by atoms with E-state index in [1.807, 2.05) is 13.8 Å². The molecule has 1 fully saturated rings. The summed E-state index contributed by atoms with van der Waals surface area (Å²) in [6.07, 6.45) is 0.799. The minimum atomic E-state index is -0.595. The fourth-order valence-corrected chi connectivity index (χ4v) is 1.37. The zero-order valence-corrected chi connectivity index (χ0v) is 7.43. The maximum atomic E-state index is 9.85. The summed E-state index contributed by atoms with van der Waals surface area (Å²) in [7, 11) is 0. The quantitative estimate of drug-likeness (QED) is 0.594. The third kappa shape index (κ3) is 2.15. The van der Waals surface area contributed by atoms with Gasteiger partial charge in [0.1, 0.15) is 5.72 Å². The van der Waals surface area contributed by atoms with Gasteiger partial charge in [0.15, 0.2) is 0 Å². The predicted octanol–water partition coefficient (Wildman–Crippen LogP) is 0.0101. The van der Waals surface area contributed by atoms with Crippen LogP contribution in [0, 0.1) is 0 Å². The van der Waals surface area contributed by atoms with Gasteiger partial charge in [-0.3, -0.25) is 4.90 Å². The Morgan fingerprint density at radius 3 is 2.45 bits per heavy atom. The van der Waals surface area contributed by atoms with Crippen molar-refractivity contribution in [1.29, 1.82) is 0 Å². The van der Waals surface area contributed by atoms with Crippen LogP contribution in [-0.4, -0.2) is 41.9 Å². The number of rotatable bonds is 2. The highest BCUT2D eigenvalue weighted by molar-refractivity contribution is 4.77. The molecule has 3 nitrogen and oxygen atoms in total. The van der Waals surface area contributed by atoms with E-state index in [9.17, 15) is 5.11 Å². The van der Waals surface area contributed by atoms with Gasteiger partial charge in [-0.1, -0.05) is 6.92 Å². The molecule has 1 saturated heterocycles. The molecule has 0 amide bonds. The number of piperazine rings is 1. The van der Waals surface area contributed by atoms with E-state index in [1.54, 1.807) is 0 Å². The molecule has 1 aliphatic heterocycles. The van der Waals surface area contributed by atoms with Crippen LogP contribution in [0.2, 0.25) is 0 Å². The Kier molecular flexibility index (Phi) is 2.87. The first-order chi connectivity index (χ1) is 5.17. The van der Waals surface area contributed by atoms with Crippen molar-refractivity contribution < 1.29 is 5.11 Å². The highest BCUT2D eigenvalue weighted by Crippen LogP contribution is 2.15. The van der Waals surface area contributed by atoms with E-state index in [0.29, 0.717) is 0 Å². The van der Waals surface area contributed by atoms with E-state index in [4.69, 9.17) is 0 Å². The zero-order chi connectivity index (χ0) is 8.32. The second kappa shape index (κ2) is 3.52. The van der Waals surface area contributed by atoms with Gasteiger partial charge in [0.2, 0.25) is 0 Å². The summed E-state index contributed by atoms with van der Waals surface area (Å²) in [5.41, 5.74) is -0.595. The average Bonchev–Trinajstić information content (AvgIpc) is 2.06. The van der Waals surface area contributed by atoms with E-state index in [-0.39, 0.29) is 0 Å². The Bertz CT molecular complexity index is 119. The van der Waals surface area contributed by atoms with Crippen LogP contribution in [0.25, 0.3) is 0 Å². The van der Waals surface area contributed by atoms with Gasteiger partial charge in [0, 0.05) is 26.2 Å². The summed E-state index contributed by atoms with van der Waals surface area (Å²) in [4.78, 5) is 2.13. The largest absolute Gasteiger partial charge is 0.376 e. The molecule has 0 aromatic heterocycles. The molecule has 0 aromatic rings. The maximum Gasteiger partial charge on any atom is 0.115 e. The van der Waals surface area contributed by atoms with Crippen molar-refractivity contribution in [2.24, 2.45) is 0 Å².